The minimum Gasteiger partial charge on any atom is -0.452 e. The van der Waals surface area contributed by atoms with E-state index in [1.165, 1.54) is 6.07 Å². The zero-order valence-electron chi connectivity index (χ0n) is 13.2. The fraction of sp³-hybridized carbons (Fsp3) is 0.125. The fourth-order valence-corrected chi connectivity index (χ4v) is 2.27. The molecule has 11 heteroatoms. The van der Waals surface area contributed by atoms with E-state index < -0.39 is 40.8 Å². The van der Waals surface area contributed by atoms with Gasteiger partial charge in [-0.2, -0.15) is 13.2 Å². The van der Waals surface area contributed by atoms with Crippen molar-refractivity contribution in [2.75, 3.05) is 11.9 Å². The van der Waals surface area contributed by atoms with Crippen LogP contribution in [0.3, 0.4) is 0 Å². The standard InChI is InChI=1S/C16H10ClF3N2O5/c17-12-7-9(22(25)26)5-6-10(12)15(24)27-8-14(23)21-13-4-2-1-3-11(13)16(18,19)20/h1-7H,8H2,(H,21,23). The van der Waals surface area contributed by atoms with Crippen molar-refractivity contribution in [1.29, 1.82) is 0 Å². The van der Waals surface area contributed by atoms with E-state index in [2.05, 4.69) is 4.74 Å². The zero-order chi connectivity index (χ0) is 20.2. The molecule has 2 aromatic rings. The van der Waals surface area contributed by atoms with E-state index in [9.17, 15) is 32.9 Å². The molecule has 0 fully saturated rings. The maximum Gasteiger partial charge on any atom is 0.418 e. The first kappa shape index (κ1) is 20.2. The van der Waals surface area contributed by atoms with Crippen LogP contribution in [0.25, 0.3) is 0 Å². The third kappa shape index (κ3) is 5.17. The van der Waals surface area contributed by atoms with E-state index in [1.807, 2.05) is 5.32 Å². The summed E-state index contributed by atoms with van der Waals surface area (Å²) in [5.74, 6) is -2.06. The molecule has 0 atom stereocenters. The number of carbonyl (C=O) groups excluding carboxylic acids is 2. The number of nitro benzene ring substituents is 1. The molecule has 0 radical (unpaired) electrons. The van der Waals surface area contributed by atoms with E-state index in [4.69, 9.17) is 11.6 Å². The predicted octanol–water partition coefficient (Wildman–Crippen LogP) is 4.06. The molecule has 0 aliphatic carbocycles. The number of non-ortho nitro benzene ring substituents is 1. The predicted molar refractivity (Wildman–Crippen MR) is 88.5 cm³/mol. The van der Waals surface area contributed by atoms with Gasteiger partial charge in [0.15, 0.2) is 6.61 Å². The molecule has 0 aliphatic rings. The van der Waals surface area contributed by atoms with Crippen molar-refractivity contribution in [2.24, 2.45) is 0 Å². The SMILES string of the molecule is O=C(COC(=O)c1ccc([N+](=O)[O-])cc1Cl)Nc1ccccc1C(F)(F)F. The van der Waals surface area contributed by atoms with Crippen LogP contribution in [-0.4, -0.2) is 23.4 Å². The molecule has 1 N–H and O–H groups in total. The number of carbonyl (C=O) groups is 2. The molecule has 0 spiro atoms. The van der Waals surface area contributed by atoms with E-state index in [0.717, 1.165) is 36.4 Å². The average molecular weight is 403 g/mol. The molecule has 0 aliphatic heterocycles. The van der Waals surface area contributed by atoms with Crippen molar-refractivity contribution in [3.8, 4) is 0 Å². The Hall–Kier alpha value is -3.14. The van der Waals surface area contributed by atoms with Crippen molar-refractivity contribution < 1.29 is 32.4 Å². The van der Waals surface area contributed by atoms with Crippen LogP contribution in [0.5, 0.6) is 0 Å². The highest BCUT2D eigenvalue weighted by Crippen LogP contribution is 2.34. The molecule has 2 aromatic carbocycles. The van der Waals surface area contributed by atoms with Crippen molar-refractivity contribution in [3.05, 3.63) is 68.7 Å². The van der Waals surface area contributed by atoms with Gasteiger partial charge < -0.3 is 10.1 Å². The maximum atomic E-state index is 12.9. The lowest BCUT2D eigenvalue weighted by atomic mass is 10.1. The molecule has 0 bridgehead atoms. The monoisotopic (exact) mass is 402 g/mol. The number of nitrogens with zero attached hydrogens (tertiary/aromatic N) is 1. The topological polar surface area (TPSA) is 98.5 Å². The van der Waals surface area contributed by atoms with Crippen LogP contribution in [-0.2, 0) is 15.7 Å². The van der Waals surface area contributed by atoms with Crippen LogP contribution >= 0.6 is 11.6 Å². The number of alkyl halides is 3. The van der Waals surface area contributed by atoms with Gasteiger partial charge in [-0.3, -0.25) is 14.9 Å². The number of nitrogens with one attached hydrogen (secondary N) is 1. The van der Waals surface area contributed by atoms with E-state index in [-0.39, 0.29) is 16.3 Å². The van der Waals surface area contributed by atoms with Crippen molar-refractivity contribution >= 4 is 34.9 Å². The smallest absolute Gasteiger partial charge is 0.418 e. The van der Waals surface area contributed by atoms with Gasteiger partial charge in [0.25, 0.3) is 11.6 Å². The van der Waals surface area contributed by atoms with Gasteiger partial charge in [0.1, 0.15) is 0 Å². The summed E-state index contributed by atoms with van der Waals surface area (Å²) in [5, 5.41) is 12.4. The molecule has 0 aromatic heterocycles. The number of para-hydroxylation sites is 1. The zero-order valence-corrected chi connectivity index (χ0v) is 14.0. The Kier molecular flexibility index (Phi) is 6.01. The van der Waals surface area contributed by atoms with Crippen LogP contribution in [0.2, 0.25) is 5.02 Å². The lowest BCUT2D eigenvalue weighted by Crippen LogP contribution is -2.22. The first-order chi connectivity index (χ1) is 12.6. The Labute approximate surface area is 154 Å². The van der Waals surface area contributed by atoms with Crippen molar-refractivity contribution in [1.82, 2.24) is 0 Å². The quantitative estimate of drug-likeness (QED) is 0.462. The molecule has 0 saturated carbocycles. The van der Waals surface area contributed by atoms with E-state index >= 15 is 0 Å². The number of hydrogen-bond donors (Lipinski definition) is 1. The number of anilines is 1. The lowest BCUT2D eigenvalue weighted by Gasteiger charge is -2.13. The van der Waals surface area contributed by atoms with Gasteiger partial charge in [0, 0.05) is 12.1 Å². The van der Waals surface area contributed by atoms with Gasteiger partial charge in [-0.05, 0) is 18.2 Å². The van der Waals surface area contributed by atoms with E-state index in [1.54, 1.807) is 0 Å². The highest BCUT2D eigenvalue weighted by atomic mass is 35.5. The number of halogens is 4. The summed E-state index contributed by atoms with van der Waals surface area (Å²) >= 11 is 5.75. The van der Waals surface area contributed by atoms with Crippen LogP contribution in [0.4, 0.5) is 24.5 Å². The molecular formula is C16H10ClF3N2O5. The van der Waals surface area contributed by atoms with Gasteiger partial charge in [-0.25, -0.2) is 4.79 Å². The summed E-state index contributed by atoms with van der Waals surface area (Å²) in [4.78, 5) is 33.6. The Morgan fingerprint density at radius 1 is 1.19 bits per heavy atom. The largest absolute Gasteiger partial charge is 0.452 e. The molecule has 0 saturated heterocycles. The average Bonchev–Trinajstić information content (AvgIpc) is 2.59. The number of amides is 1. The number of hydrogen-bond acceptors (Lipinski definition) is 5. The number of nitro groups is 1. The Bertz CT molecular complexity index is 902. The third-order valence-electron chi connectivity index (χ3n) is 3.22. The second-order valence-electron chi connectivity index (χ2n) is 5.09. The van der Waals surface area contributed by atoms with Crippen LogP contribution in [0, 0.1) is 10.1 Å². The summed E-state index contributed by atoms with van der Waals surface area (Å²) in [6.45, 7) is -0.877. The fourth-order valence-electron chi connectivity index (χ4n) is 2.02. The first-order valence-electron chi connectivity index (χ1n) is 7.16. The number of esters is 1. The van der Waals surface area contributed by atoms with Crippen LogP contribution < -0.4 is 5.32 Å². The second kappa shape index (κ2) is 8.04. The van der Waals surface area contributed by atoms with Gasteiger partial charge >= 0.3 is 12.1 Å². The van der Waals surface area contributed by atoms with Gasteiger partial charge in [0.05, 0.1) is 26.8 Å². The lowest BCUT2D eigenvalue weighted by molar-refractivity contribution is -0.384. The molecule has 0 unspecified atom stereocenters. The normalized spacial score (nSPS) is 11.0. The summed E-state index contributed by atoms with van der Waals surface area (Å²) in [5.41, 5.74) is -2.12. The Morgan fingerprint density at radius 2 is 1.85 bits per heavy atom. The highest BCUT2D eigenvalue weighted by molar-refractivity contribution is 6.33. The molecule has 7 nitrogen and oxygen atoms in total. The summed E-state index contributed by atoms with van der Waals surface area (Å²) in [6.07, 6.45) is -4.67. The van der Waals surface area contributed by atoms with Crippen molar-refractivity contribution in [2.45, 2.75) is 6.18 Å². The summed E-state index contributed by atoms with van der Waals surface area (Å²) in [6, 6.07) is 7.29. The molecule has 0 heterocycles. The molecular weight excluding hydrogens is 393 g/mol. The van der Waals surface area contributed by atoms with Gasteiger partial charge in [-0.15, -0.1) is 0 Å². The summed E-state index contributed by atoms with van der Waals surface area (Å²) in [7, 11) is 0. The molecule has 27 heavy (non-hydrogen) atoms. The van der Waals surface area contributed by atoms with Gasteiger partial charge in [0.2, 0.25) is 0 Å². The third-order valence-corrected chi connectivity index (χ3v) is 3.54. The molecule has 1 amide bonds. The first-order valence-corrected chi connectivity index (χ1v) is 7.54. The maximum absolute atomic E-state index is 12.9. The number of benzene rings is 2. The Morgan fingerprint density at radius 3 is 2.44 bits per heavy atom. The summed E-state index contributed by atoms with van der Waals surface area (Å²) < 4.78 is 43.3. The van der Waals surface area contributed by atoms with Gasteiger partial charge in [-0.1, -0.05) is 23.7 Å². The minimum atomic E-state index is -4.67. The molecule has 2 rings (SSSR count). The molecule has 142 valence electrons. The van der Waals surface area contributed by atoms with E-state index in [0.29, 0.717) is 0 Å². The number of rotatable bonds is 5. The minimum absolute atomic E-state index is 0.231. The van der Waals surface area contributed by atoms with Crippen LogP contribution in [0.15, 0.2) is 42.5 Å². The van der Waals surface area contributed by atoms with Crippen molar-refractivity contribution in [3.63, 3.8) is 0 Å². The highest BCUT2D eigenvalue weighted by Gasteiger charge is 2.33. The number of ether oxygens (including phenoxy) is 1. The second-order valence-corrected chi connectivity index (χ2v) is 5.50. The Balaban J connectivity index is 2.02. The van der Waals surface area contributed by atoms with Crippen LogP contribution in [0.1, 0.15) is 15.9 Å².